The first kappa shape index (κ1) is 28.9. The molecule has 1 saturated heterocycles. The molecule has 45 heavy (non-hydrogen) atoms. The van der Waals surface area contributed by atoms with Crippen LogP contribution in [0.2, 0.25) is 0 Å². The number of H-pyrrole nitrogens is 2. The van der Waals surface area contributed by atoms with E-state index in [4.69, 9.17) is 4.98 Å². The van der Waals surface area contributed by atoms with Crippen molar-refractivity contribution < 1.29 is 13.2 Å². The highest BCUT2D eigenvalue weighted by Gasteiger charge is 2.37. The molecule has 10 nitrogen and oxygen atoms in total. The summed E-state index contributed by atoms with van der Waals surface area (Å²) in [6.07, 6.45) is 6.69. The lowest BCUT2D eigenvalue weighted by atomic mass is 10.0. The van der Waals surface area contributed by atoms with Crippen molar-refractivity contribution in [2.75, 3.05) is 45.6 Å². The second kappa shape index (κ2) is 11.6. The Morgan fingerprint density at radius 1 is 1.00 bits per heavy atom. The smallest absolute Gasteiger partial charge is 0.261 e. The minimum Gasteiger partial charge on any atom is -0.384 e. The maximum absolute atomic E-state index is 14.7. The number of nitrogens with one attached hydrogen (secondary N) is 3. The van der Waals surface area contributed by atoms with Gasteiger partial charge in [0.05, 0.1) is 11.9 Å². The summed E-state index contributed by atoms with van der Waals surface area (Å²) in [6.45, 7) is 1.99. The number of nitrogens with zero attached hydrogens (tertiary/aromatic N) is 7. The summed E-state index contributed by atoms with van der Waals surface area (Å²) < 4.78 is 42.1. The van der Waals surface area contributed by atoms with Crippen LogP contribution in [0.1, 0.15) is 12.0 Å². The van der Waals surface area contributed by atoms with E-state index in [9.17, 15) is 13.2 Å². The van der Waals surface area contributed by atoms with Gasteiger partial charge in [-0.1, -0.05) is 0 Å². The SMILES string of the molecule is CN(C)CCNc1cc(F)cc(-c2ccnc3[nH]c(-c4n[nH]c5ncc(-c6cncc(CN7CCC(F)(F)C7)c6)cc45)nc23)c1. The zero-order chi connectivity index (χ0) is 31.1. The minimum absolute atomic E-state index is 0.125. The molecule has 1 aliphatic heterocycles. The number of rotatable bonds is 9. The minimum atomic E-state index is -2.65. The summed E-state index contributed by atoms with van der Waals surface area (Å²) in [7, 11) is 3.97. The average molecular weight is 613 g/mol. The molecule has 1 aromatic carbocycles. The molecule has 0 unspecified atom stereocenters. The van der Waals surface area contributed by atoms with Crippen LogP contribution >= 0.6 is 0 Å². The maximum Gasteiger partial charge on any atom is 0.261 e. The van der Waals surface area contributed by atoms with Gasteiger partial charge in [0.15, 0.2) is 17.1 Å². The Morgan fingerprint density at radius 3 is 2.69 bits per heavy atom. The molecule has 0 aliphatic carbocycles. The van der Waals surface area contributed by atoms with E-state index in [1.165, 1.54) is 12.1 Å². The fourth-order valence-electron chi connectivity index (χ4n) is 5.70. The summed E-state index contributed by atoms with van der Waals surface area (Å²) in [6, 6.07) is 10.6. The number of anilines is 1. The van der Waals surface area contributed by atoms with Gasteiger partial charge in [-0.3, -0.25) is 15.0 Å². The average Bonchev–Trinajstić information content (AvgIpc) is 3.72. The van der Waals surface area contributed by atoms with Gasteiger partial charge in [-0.2, -0.15) is 5.10 Å². The Labute approximate surface area is 256 Å². The molecule has 5 aromatic heterocycles. The molecule has 230 valence electrons. The Bertz CT molecular complexity index is 2000. The number of imidazole rings is 1. The largest absolute Gasteiger partial charge is 0.384 e. The van der Waals surface area contributed by atoms with Crippen LogP contribution in [0, 0.1) is 5.82 Å². The molecule has 13 heteroatoms. The Balaban J connectivity index is 1.20. The molecule has 0 saturated carbocycles. The number of alkyl halides is 2. The Kier molecular flexibility index (Phi) is 7.42. The van der Waals surface area contributed by atoms with Crippen molar-refractivity contribution >= 4 is 27.9 Å². The van der Waals surface area contributed by atoms with Crippen molar-refractivity contribution in [1.29, 1.82) is 0 Å². The second-order valence-electron chi connectivity index (χ2n) is 11.7. The summed E-state index contributed by atoms with van der Waals surface area (Å²) in [5.41, 5.74) is 6.80. The molecular weight excluding hydrogens is 581 g/mol. The molecule has 1 fully saturated rings. The van der Waals surface area contributed by atoms with Crippen LogP contribution in [0.15, 0.2) is 61.2 Å². The number of fused-ring (bicyclic) bond motifs is 2. The lowest BCUT2D eigenvalue weighted by molar-refractivity contribution is 0.0115. The number of likely N-dealkylation sites (N-methyl/N-ethyl adjacent to an activating group) is 1. The highest BCUT2D eigenvalue weighted by atomic mass is 19.3. The molecule has 6 aromatic rings. The maximum atomic E-state index is 14.7. The lowest BCUT2D eigenvalue weighted by Crippen LogP contribution is -2.24. The molecule has 7 rings (SSSR count). The molecule has 0 amide bonds. The van der Waals surface area contributed by atoms with Crippen molar-refractivity contribution in [2.45, 2.75) is 18.9 Å². The number of hydrogen-bond donors (Lipinski definition) is 3. The van der Waals surface area contributed by atoms with Crippen molar-refractivity contribution in [3.8, 4) is 33.8 Å². The molecule has 0 bridgehead atoms. The third-order valence-corrected chi connectivity index (χ3v) is 7.91. The summed E-state index contributed by atoms with van der Waals surface area (Å²) in [5.74, 6) is -2.51. The van der Waals surface area contributed by atoms with Crippen LogP contribution in [0.3, 0.4) is 0 Å². The third kappa shape index (κ3) is 6.08. The van der Waals surface area contributed by atoms with Crippen molar-refractivity contribution in [3.05, 3.63) is 72.6 Å². The van der Waals surface area contributed by atoms with Crippen LogP contribution in [0.5, 0.6) is 0 Å². The first-order valence-electron chi connectivity index (χ1n) is 14.6. The highest BCUT2D eigenvalue weighted by Crippen LogP contribution is 2.33. The van der Waals surface area contributed by atoms with E-state index in [-0.39, 0.29) is 18.8 Å². The van der Waals surface area contributed by atoms with E-state index in [1.54, 1.807) is 29.7 Å². The van der Waals surface area contributed by atoms with Gasteiger partial charge in [0.25, 0.3) is 5.92 Å². The van der Waals surface area contributed by atoms with Gasteiger partial charge in [0, 0.05) is 79.8 Å². The lowest BCUT2D eigenvalue weighted by Gasteiger charge is -2.15. The molecule has 0 atom stereocenters. The summed E-state index contributed by atoms with van der Waals surface area (Å²) in [4.78, 5) is 25.3. The fourth-order valence-corrected chi connectivity index (χ4v) is 5.70. The monoisotopic (exact) mass is 612 g/mol. The number of aromatic amines is 2. The van der Waals surface area contributed by atoms with Gasteiger partial charge >= 0.3 is 0 Å². The number of pyridine rings is 3. The van der Waals surface area contributed by atoms with Crippen molar-refractivity contribution in [3.63, 3.8) is 0 Å². The van der Waals surface area contributed by atoms with E-state index in [0.29, 0.717) is 59.2 Å². The number of likely N-dealkylation sites (tertiary alicyclic amines) is 1. The topological polar surface area (TPSA) is 115 Å². The molecule has 6 heterocycles. The molecule has 0 radical (unpaired) electrons. The van der Waals surface area contributed by atoms with Gasteiger partial charge in [-0.05, 0) is 61.6 Å². The van der Waals surface area contributed by atoms with E-state index in [1.807, 2.05) is 38.4 Å². The van der Waals surface area contributed by atoms with E-state index >= 15 is 0 Å². The van der Waals surface area contributed by atoms with Crippen molar-refractivity contribution in [2.24, 2.45) is 0 Å². The van der Waals surface area contributed by atoms with Gasteiger partial charge in [0.1, 0.15) is 17.0 Å². The highest BCUT2D eigenvalue weighted by molar-refractivity contribution is 5.96. The van der Waals surface area contributed by atoms with Crippen LogP contribution in [0.25, 0.3) is 56.0 Å². The fraction of sp³-hybridized carbons (Fsp3) is 0.281. The van der Waals surface area contributed by atoms with Crippen LogP contribution in [0.4, 0.5) is 18.9 Å². The van der Waals surface area contributed by atoms with Gasteiger partial charge in [-0.15, -0.1) is 0 Å². The van der Waals surface area contributed by atoms with Gasteiger partial charge in [0.2, 0.25) is 0 Å². The number of hydrogen-bond acceptors (Lipinski definition) is 8. The zero-order valence-corrected chi connectivity index (χ0v) is 24.8. The number of aromatic nitrogens is 7. The first-order valence-corrected chi connectivity index (χ1v) is 14.6. The first-order chi connectivity index (χ1) is 21.7. The molecule has 3 N–H and O–H groups in total. The predicted octanol–water partition coefficient (Wildman–Crippen LogP) is 5.58. The van der Waals surface area contributed by atoms with Crippen molar-refractivity contribution in [1.82, 2.24) is 44.9 Å². The summed E-state index contributed by atoms with van der Waals surface area (Å²) in [5, 5.41) is 11.5. The third-order valence-electron chi connectivity index (χ3n) is 7.91. The number of halogens is 3. The second-order valence-corrected chi connectivity index (χ2v) is 11.7. The standard InChI is InChI=1S/C32H31F3N10/c1-44(2)8-6-37-24-11-20(10-23(33)13-24)25-3-5-38-30-27(25)40-31(41-30)28-26-12-22(16-39-29(26)43-42-28)21-9-19(14-36-15-21)17-45-7-4-32(34,35)18-45/h3,5,9-16,37H,4,6-8,17-18H2,1-2H3,(H,38,40,41)(H,39,42,43). The summed E-state index contributed by atoms with van der Waals surface area (Å²) >= 11 is 0. The quantitative estimate of drug-likeness (QED) is 0.194. The van der Waals surface area contributed by atoms with E-state index in [0.717, 1.165) is 34.2 Å². The Morgan fingerprint density at radius 2 is 1.87 bits per heavy atom. The Hall–Kier alpha value is -4.88. The zero-order valence-electron chi connectivity index (χ0n) is 24.8. The number of benzene rings is 1. The van der Waals surface area contributed by atoms with Crippen LogP contribution < -0.4 is 5.32 Å². The molecular formula is C32H31F3N10. The van der Waals surface area contributed by atoms with Crippen LogP contribution in [-0.4, -0.2) is 91.1 Å². The van der Waals surface area contributed by atoms with Gasteiger partial charge in [-0.25, -0.2) is 28.1 Å². The van der Waals surface area contributed by atoms with E-state index in [2.05, 4.69) is 40.3 Å². The molecule has 0 spiro atoms. The van der Waals surface area contributed by atoms with E-state index < -0.39 is 5.92 Å². The van der Waals surface area contributed by atoms with Gasteiger partial charge < -0.3 is 15.2 Å². The normalized spacial score (nSPS) is 15.1. The van der Waals surface area contributed by atoms with Crippen LogP contribution in [-0.2, 0) is 6.54 Å². The predicted molar refractivity (Wildman–Crippen MR) is 167 cm³/mol. The molecule has 1 aliphatic rings.